The molecule has 12 heavy (non-hydrogen) atoms. The second-order valence-electron chi connectivity index (χ2n) is 2.58. The van der Waals surface area contributed by atoms with Crippen LogP contribution >= 0.6 is 12.6 Å². The van der Waals surface area contributed by atoms with Gasteiger partial charge in [0.15, 0.2) is 5.58 Å². The molecule has 0 saturated heterocycles. The van der Waals surface area contributed by atoms with Crippen LogP contribution in [0.1, 0.15) is 0 Å². The van der Waals surface area contributed by atoms with Crippen LogP contribution in [0, 0.1) is 0 Å². The number of benzene rings is 1. The lowest BCUT2D eigenvalue weighted by molar-refractivity contribution is 0.527. The third-order valence-corrected chi connectivity index (χ3v) is 2.05. The maximum absolute atomic E-state index is 11.0. The molecular weight excluding hydrogens is 174 g/mol. The fourth-order valence-corrected chi connectivity index (χ4v) is 1.31. The normalized spacial score (nSPS) is 10.8. The number of hydrogen-bond acceptors (Lipinski definition) is 3. The van der Waals surface area contributed by atoms with E-state index in [1.54, 1.807) is 13.1 Å². The average Bonchev–Trinajstić information content (AvgIpc) is 2.28. The highest BCUT2D eigenvalue weighted by Crippen LogP contribution is 2.15. The van der Waals surface area contributed by atoms with Crippen LogP contribution in [0.25, 0.3) is 11.1 Å². The zero-order valence-electron chi connectivity index (χ0n) is 6.44. The van der Waals surface area contributed by atoms with Gasteiger partial charge in [-0.1, -0.05) is 0 Å². The monoisotopic (exact) mass is 181 g/mol. The topological polar surface area (TPSA) is 35.1 Å². The van der Waals surface area contributed by atoms with E-state index in [0.29, 0.717) is 5.58 Å². The van der Waals surface area contributed by atoms with Crippen molar-refractivity contribution in [2.45, 2.75) is 4.90 Å². The summed E-state index contributed by atoms with van der Waals surface area (Å²) in [6, 6.07) is 5.35. The zero-order valence-corrected chi connectivity index (χ0v) is 7.34. The predicted octanol–water partition coefficient (Wildman–Crippen LogP) is 1.42. The van der Waals surface area contributed by atoms with Crippen molar-refractivity contribution in [1.29, 1.82) is 0 Å². The first-order valence-corrected chi connectivity index (χ1v) is 3.92. The van der Waals surface area contributed by atoms with Gasteiger partial charge in [-0.15, -0.1) is 12.6 Å². The molecule has 2 rings (SSSR count). The van der Waals surface area contributed by atoms with Gasteiger partial charge >= 0.3 is 5.76 Å². The molecule has 0 bridgehead atoms. The standard InChI is InChI=1S/C8H7NO2S/c1-9-6-3-2-5(12)4-7(6)11-8(9)10/h2-4,12H,1H3. The number of aromatic nitrogens is 1. The minimum absolute atomic E-state index is 0.344. The summed E-state index contributed by atoms with van der Waals surface area (Å²) >= 11 is 4.13. The number of aryl methyl sites for hydroxylation is 1. The van der Waals surface area contributed by atoms with E-state index in [2.05, 4.69) is 12.6 Å². The molecule has 1 heterocycles. The Morgan fingerprint density at radius 2 is 2.25 bits per heavy atom. The molecule has 62 valence electrons. The molecule has 1 aromatic heterocycles. The van der Waals surface area contributed by atoms with E-state index >= 15 is 0 Å². The average molecular weight is 181 g/mol. The van der Waals surface area contributed by atoms with E-state index in [1.165, 1.54) is 4.57 Å². The van der Waals surface area contributed by atoms with E-state index < -0.39 is 0 Å². The van der Waals surface area contributed by atoms with Crippen molar-refractivity contribution in [3.8, 4) is 0 Å². The highest BCUT2D eigenvalue weighted by Gasteiger charge is 2.04. The van der Waals surface area contributed by atoms with Crippen molar-refractivity contribution in [1.82, 2.24) is 4.57 Å². The number of hydrogen-bond donors (Lipinski definition) is 1. The summed E-state index contributed by atoms with van der Waals surface area (Å²) in [4.78, 5) is 11.8. The Bertz CT molecular complexity index is 483. The Balaban J connectivity index is 2.96. The van der Waals surface area contributed by atoms with Crippen LogP contribution in [0.4, 0.5) is 0 Å². The van der Waals surface area contributed by atoms with E-state index in [4.69, 9.17) is 4.42 Å². The van der Waals surface area contributed by atoms with Gasteiger partial charge in [-0.2, -0.15) is 0 Å². The maximum Gasteiger partial charge on any atom is 0.419 e. The van der Waals surface area contributed by atoms with Crippen LogP contribution in [0.3, 0.4) is 0 Å². The Kier molecular flexibility index (Phi) is 1.51. The molecule has 0 fully saturated rings. The SMILES string of the molecule is Cn1c(=O)oc2cc(S)ccc21. The second-order valence-corrected chi connectivity index (χ2v) is 3.10. The summed E-state index contributed by atoms with van der Waals surface area (Å²) in [5.41, 5.74) is 1.37. The number of oxazole rings is 1. The number of fused-ring (bicyclic) bond motifs is 1. The summed E-state index contributed by atoms with van der Waals surface area (Å²) in [6.07, 6.45) is 0. The third-order valence-electron chi connectivity index (χ3n) is 1.78. The van der Waals surface area contributed by atoms with E-state index in [-0.39, 0.29) is 5.76 Å². The molecule has 0 atom stereocenters. The van der Waals surface area contributed by atoms with Crippen LogP contribution in [0.5, 0.6) is 0 Å². The van der Waals surface area contributed by atoms with E-state index in [9.17, 15) is 4.79 Å². The van der Waals surface area contributed by atoms with Gasteiger partial charge in [0.25, 0.3) is 0 Å². The van der Waals surface area contributed by atoms with Crippen molar-refractivity contribution in [3.05, 3.63) is 28.7 Å². The largest absolute Gasteiger partial charge is 0.419 e. The zero-order chi connectivity index (χ0) is 8.72. The van der Waals surface area contributed by atoms with Crippen LogP contribution in [0.2, 0.25) is 0 Å². The highest BCUT2D eigenvalue weighted by atomic mass is 32.1. The molecule has 0 saturated carbocycles. The van der Waals surface area contributed by atoms with Gasteiger partial charge in [-0.25, -0.2) is 4.79 Å². The fraction of sp³-hybridized carbons (Fsp3) is 0.125. The number of nitrogens with zero attached hydrogens (tertiary/aromatic N) is 1. The smallest absolute Gasteiger partial charge is 0.408 e. The van der Waals surface area contributed by atoms with Gasteiger partial charge in [0, 0.05) is 11.9 Å². The molecule has 1 aromatic carbocycles. The molecule has 4 heteroatoms. The molecule has 2 aromatic rings. The van der Waals surface area contributed by atoms with Crippen LogP contribution < -0.4 is 5.76 Å². The first kappa shape index (κ1) is 7.49. The van der Waals surface area contributed by atoms with Gasteiger partial charge < -0.3 is 4.42 Å². The second kappa shape index (κ2) is 2.42. The molecule has 0 aliphatic heterocycles. The number of thiol groups is 1. The maximum atomic E-state index is 11.0. The Labute approximate surface area is 74.0 Å². The highest BCUT2D eigenvalue weighted by molar-refractivity contribution is 7.80. The van der Waals surface area contributed by atoms with Crippen LogP contribution in [0.15, 0.2) is 32.3 Å². The molecule has 0 amide bonds. The van der Waals surface area contributed by atoms with Crippen molar-refractivity contribution >= 4 is 23.7 Å². The Morgan fingerprint density at radius 3 is 3.00 bits per heavy atom. The Morgan fingerprint density at radius 1 is 1.50 bits per heavy atom. The number of rotatable bonds is 0. The fourth-order valence-electron chi connectivity index (χ4n) is 1.12. The summed E-state index contributed by atoms with van der Waals surface area (Å²) in [5.74, 6) is -0.344. The Hall–Kier alpha value is -1.16. The molecule has 3 nitrogen and oxygen atoms in total. The first-order valence-electron chi connectivity index (χ1n) is 3.47. The van der Waals surface area contributed by atoms with Crippen molar-refractivity contribution in [2.24, 2.45) is 7.05 Å². The summed E-state index contributed by atoms with van der Waals surface area (Å²) in [6.45, 7) is 0. The molecule has 0 N–H and O–H groups in total. The lowest BCUT2D eigenvalue weighted by Gasteiger charge is -1.91. The van der Waals surface area contributed by atoms with Gasteiger partial charge in [0.1, 0.15) is 0 Å². The molecule has 0 unspecified atom stereocenters. The van der Waals surface area contributed by atoms with Crippen LogP contribution in [-0.4, -0.2) is 4.57 Å². The summed E-state index contributed by atoms with van der Waals surface area (Å²) < 4.78 is 6.40. The lowest BCUT2D eigenvalue weighted by atomic mass is 10.3. The van der Waals surface area contributed by atoms with E-state index in [1.807, 2.05) is 12.1 Å². The van der Waals surface area contributed by atoms with Crippen LogP contribution in [-0.2, 0) is 7.05 Å². The minimum atomic E-state index is -0.344. The minimum Gasteiger partial charge on any atom is -0.408 e. The molecule has 0 spiro atoms. The van der Waals surface area contributed by atoms with Gasteiger partial charge in [0.2, 0.25) is 0 Å². The molecule has 0 aliphatic rings. The van der Waals surface area contributed by atoms with Gasteiger partial charge in [0.05, 0.1) is 5.52 Å². The van der Waals surface area contributed by atoms with Gasteiger partial charge in [-0.3, -0.25) is 4.57 Å². The summed E-state index contributed by atoms with van der Waals surface area (Å²) in [7, 11) is 1.67. The van der Waals surface area contributed by atoms with Crippen molar-refractivity contribution in [2.75, 3.05) is 0 Å². The lowest BCUT2D eigenvalue weighted by Crippen LogP contribution is -2.08. The van der Waals surface area contributed by atoms with E-state index in [0.717, 1.165) is 10.4 Å². The quantitative estimate of drug-likeness (QED) is 0.624. The summed E-state index contributed by atoms with van der Waals surface area (Å²) in [5, 5.41) is 0. The molecule has 0 radical (unpaired) electrons. The molecular formula is C8H7NO2S. The third kappa shape index (κ3) is 0.956. The van der Waals surface area contributed by atoms with Crippen molar-refractivity contribution < 1.29 is 4.42 Å². The van der Waals surface area contributed by atoms with Gasteiger partial charge in [-0.05, 0) is 18.2 Å². The molecule has 0 aliphatic carbocycles. The first-order chi connectivity index (χ1) is 5.68. The predicted molar refractivity (Wildman–Crippen MR) is 48.7 cm³/mol. The van der Waals surface area contributed by atoms with Crippen molar-refractivity contribution in [3.63, 3.8) is 0 Å².